The minimum absolute atomic E-state index is 0.0304. The summed E-state index contributed by atoms with van der Waals surface area (Å²) in [7, 11) is -3.52. The van der Waals surface area contributed by atoms with E-state index < -0.39 is 63.7 Å². The molecule has 0 aliphatic rings. The van der Waals surface area contributed by atoms with Crippen molar-refractivity contribution in [3.63, 3.8) is 0 Å². The topological polar surface area (TPSA) is 156 Å². The predicted octanol–water partition coefficient (Wildman–Crippen LogP) is 7.92. The molecule has 0 bridgehead atoms. The smallest absolute Gasteiger partial charge is 0.417 e. The average molecular weight is 813 g/mol. The van der Waals surface area contributed by atoms with Gasteiger partial charge in [-0.05, 0) is 59.4 Å². The molecule has 56 heavy (non-hydrogen) atoms. The molecular formula is C40H43F3N4O7S2. The molecule has 2 aromatic heterocycles. The number of thiophene rings is 1. The number of aliphatic hydroxyl groups is 1. The van der Waals surface area contributed by atoms with Crippen molar-refractivity contribution in [1.29, 1.82) is 0 Å². The SMILES string of the molecule is COC(=O)N(C(=O)[C@@H](N)C(c1ccccc1)c1ccccc1)[C@H](c1ccc([C@@H](CO)N(CCC(C)(C)C)S(=O)(=O)c2ccc(-c3cnco3)cc2)s1)C(F)(F)F. The zero-order valence-corrected chi connectivity index (χ0v) is 32.7. The van der Waals surface area contributed by atoms with Crippen LogP contribution >= 0.6 is 11.3 Å². The van der Waals surface area contributed by atoms with Crippen molar-refractivity contribution in [2.24, 2.45) is 11.1 Å². The first kappa shape index (κ1) is 42.3. The lowest BCUT2D eigenvalue weighted by Gasteiger charge is -2.34. The van der Waals surface area contributed by atoms with Gasteiger partial charge in [-0.1, -0.05) is 81.4 Å². The van der Waals surface area contributed by atoms with Crippen molar-refractivity contribution >= 4 is 33.4 Å². The Balaban J connectivity index is 1.55. The number of aliphatic hydroxyl groups excluding tert-OH is 1. The number of methoxy groups -OCH3 is 1. The van der Waals surface area contributed by atoms with Crippen LogP contribution in [0.25, 0.3) is 11.3 Å². The molecular weight excluding hydrogens is 770 g/mol. The fourth-order valence-electron chi connectivity index (χ4n) is 6.28. The van der Waals surface area contributed by atoms with Gasteiger partial charge in [0, 0.05) is 27.8 Å². The Bertz CT molecular complexity index is 2120. The lowest BCUT2D eigenvalue weighted by atomic mass is 9.84. The number of aromatic nitrogens is 1. The van der Waals surface area contributed by atoms with E-state index in [1.165, 1.54) is 42.9 Å². The van der Waals surface area contributed by atoms with Crippen molar-refractivity contribution in [1.82, 2.24) is 14.2 Å². The zero-order valence-electron chi connectivity index (χ0n) is 31.1. The standard InChI is InChI=1S/C40H43F3N4O7S2/c1-39(2,3)21-22-46(56(51,52)29-17-15-26(16-18-29)31-23-45-25-54-31)30(24-48)32-19-20-33(55-32)36(40(41,42)43)47(38(50)53-4)37(49)35(44)34(27-11-7-5-8-12-27)28-13-9-6-10-14-28/h5-20,23,25,30,34-36,48H,21-22,24,44H2,1-4H3/t30-,35+,36-/m1/s1. The molecule has 11 nitrogen and oxygen atoms in total. The maximum atomic E-state index is 15.3. The number of hydrogen-bond acceptors (Lipinski definition) is 10. The van der Waals surface area contributed by atoms with Gasteiger partial charge >= 0.3 is 12.3 Å². The molecule has 2 amide bonds. The molecule has 0 saturated heterocycles. The Kier molecular flexibility index (Phi) is 13.2. The number of rotatable bonds is 14. The van der Waals surface area contributed by atoms with Gasteiger partial charge in [-0.3, -0.25) is 4.79 Å². The number of carbonyl (C=O) groups is 2. The van der Waals surface area contributed by atoms with Crippen LogP contribution in [0.3, 0.4) is 0 Å². The maximum absolute atomic E-state index is 15.3. The van der Waals surface area contributed by atoms with E-state index in [0.29, 0.717) is 40.2 Å². The average Bonchev–Trinajstić information content (AvgIpc) is 3.88. The number of hydrogen-bond donors (Lipinski definition) is 2. The van der Waals surface area contributed by atoms with E-state index in [2.05, 4.69) is 4.98 Å². The third kappa shape index (κ3) is 9.56. The van der Waals surface area contributed by atoms with Crippen LogP contribution in [0.5, 0.6) is 0 Å². The van der Waals surface area contributed by atoms with Gasteiger partial charge in [-0.2, -0.15) is 17.5 Å². The first-order valence-corrected chi connectivity index (χ1v) is 19.8. The summed E-state index contributed by atoms with van der Waals surface area (Å²) < 4.78 is 85.5. The molecule has 0 aliphatic carbocycles. The fraction of sp³-hybridized carbons (Fsp3) is 0.325. The molecule has 2 heterocycles. The highest BCUT2D eigenvalue weighted by molar-refractivity contribution is 7.89. The van der Waals surface area contributed by atoms with Crippen LogP contribution in [-0.4, -0.2) is 72.2 Å². The summed E-state index contributed by atoms with van der Waals surface area (Å²) in [6, 6.07) is 19.2. The minimum atomic E-state index is -5.24. The molecule has 5 aromatic rings. The number of halogens is 3. The van der Waals surface area contributed by atoms with Crippen LogP contribution in [0.2, 0.25) is 0 Å². The summed E-state index contributed by atoms with van der Waals surface area (Å²) in [6.45, 7) is 4.81. The Hall–Kier alpha value is -4.87. The van der Waals surface area contributed by atoms with E-state index in [1.807, 2.05) is 20.8 Å². The van der Waals surface area contributed by atoms with Crippen LogP contribution in [0.1, 0.15) is 66.1 Å². The molecule has 0 radical (unpaired) electrons. The number of imide groups is 1. The number of benzene rings is 3. The normalized spacial score (nSPS) is 14.1. The molecule has 0 spiro atoms. The van der Waals surface area contributed by atoms with Crippen LogP contribution in [0.15, 0.2) is 119 Å². The predicted molar refractivity (Wildman–Crippen MR) is 205 cm³/mol. The Morgan fingerprint density at radius 1 is 0.911 bits per heavy atom. The van der Waals surface area contributed by atoms with Crippen molar-refractivity contribution in [2.45, 2.75) is 62.3 Å². The monoisotopic (exact) mass is 812 g/mol. The van der Waals surface area contributed by atoms with E-state index in [9.17, 15) is 23.1 Å². The largest absolute Gasteiger partial charge is 0.452 e. The summed E-state index contributed by atoms with van der Waals surface area (Å²) in [5.41, 5.74) is 7.77. The number of nitrogens with zero attached hydrogens (tertiary/aromatic N) is 3. The fourth-order valence-corrected chi connectivity index (χ4v) is 9.18. The zero-order chi connectivity index (χ0) is 40.8. The highest BCUT2D eigenvalue weighted by atomic mass is 32.2. The minimum Gasteiger partial charge on any atom is -0.452 e. The number of carbonyl (C=O) groups excluding carboxylic acids is 2. The van der Waals surface area contributed by atoms with E-state index in [4.69, 9.17) is 14.9 Å². The summed E-state index contributed by atoms with van der Waals surface area (Å²) in [5, 5.41) is 10.7. The number of amides is 2. The first-order chi connectivity index (χ1) is 26.5. The third-order valence-electron chi connectivity index (χ3n) is 9.16. The highest BCUT2D eigenvalue weighted by Gasteiger charge is 2.52. The van der Waals surface area contributed by atoms with E-state index in [-0.39, 0.29) is 26.6 Å². The third-order valence-corrected chi connectivity index (χ3v) is 12.3. The molecule has 5 rings (SSSR count). The summed E-state index contributed by atoms with van der Waals surface area (Å²) >= 11 is 0.513. The Morgan fingerprint density at radius 3 is 1.96 bits per heavy atom. The number of sulfonamides is 1. The van der Waals surface area contributed by atoms with Gasteiger partial charge in [0.25, 0.3) is 5.91 Å². The van der Waals surface area contributed by atoms with Crippen LogP contribution in [0, 0.1) is 5.41 Å². The number of alkyl halides is 3. The molecule has 3 atom stereocenters. The quantitative estimate of drug-likeness (QED) is 0.114. The molecule has 3 N–H and O–H groups in total. The summed E-state index contributed by atoms with van der Waals surface area (Å²) in [5.74, 6) is -1.89. The van der Waals surface area contributed by atoms with Crippen molar-refractivity contribution in [2.75, 3.05) is 20.3 Å². The van der Waals surface area contributed by atoms with Gasteiger partial charge in [0.1, 0.15) is 0 Å². The summed E-state index contributed by atoms with van der Waals surface area (Å²) in [6.07, 6.45) is -3.80. The van der Waals surface area contributed by atoms with Crippen LogP contribution < -0.4 is 5.73 Å². The van der Waals surface area contributed by atoms with Gasteiger partial charge in [-0.25, -0.2) is 23.1 Å². The van der Waals surface area contributed by atoms with Gasteiger partial charge < -0.3 is 20.0 Å². The van der Waals surface area contributed by atoms with E-state index >= 15 is 13.2 Å². The molecule has 3 aromatic carbocycles. The van der Waals surface area contributed by atoms with E-state index in [1.54, 1.807) is 60.7 Å². The van der Waals surface area contributed by atoms with Crippen LogP contribution in [-0.2, 0) is 19.6 Å². The van der Waals surface area contributed by atoms with Gasteiger partial charge in [0.05, 0.1) is 36.9 Å². The first-order valence-electron chi connectivity index (χ1n) is 17.5. The summed E-state index contributed by atoms with van der Waals surface area (Å²) in [4.78, 5) is 30.7. The second kappa shape index (κ2) is 17.5. The molecule has 0 unspecified atom stereocenters. The second-order valence-electron chi connectivity index (χ2n) is 14.2. The molecule has 16 heteroatoms. The molecule has 0 saturated carbocycles. The van der Waals surface area contributed by atoms with Gasteiger partial charge in [0.2, 0.25) is 10.0 Å². The Labute approximate surface area is 327 Å². The van der Waals surface area contributed by atoms with Gasteiger partial charge in [-0.15, -0.1) is 11.3 Å². The second-order valence-corrected chi connectivity index (χ2v) is 17.2. The molecule has 298 valence electrons. The van der Waals surface area contributed by atoms with Crippen molar-refractivity contribution in [3.05, 3.63) is 131 Å². The number of ether oxygens (including phenoxy) is 1. The number of nitrogens with two attached hydrogens (primary N) is 1. The molecule has 0 fully saturated rings. The number of oxazole rings is 1. The highest BCUT2D eigenvalue weighted by Crippen LogP contribution is 2.44. The van der Waals surface area contributed by atoms with E-state index in [0.717, 1.165) is 17.5 Å². The lowest BCUT2D eigenvalue weighted by Crippen LogP contribution is -2.53. The lowest BCUT2D eigenvalue weighted by molar-refractivity contribution is -0.186. The Morgan fingerprint density at radius 2 is 1.48 bits per heavy atom. The molecule has 0 aliphatic heterocycles. The maximum Gasteiger partial charge on any atom is 0.417 e. The van der Waals surface area contributed by atoms with Crippen molar-refractivity contribution in [3.8, 4) is 11.3 Å². The van der Waals surface area contributed by atoms with Gasteiger partial charge in [0.15, 0.2) is 18.2 Å². The van der Waals surface area contributed by atoms with Crippen LogP contribution in [0.4, 0.5) is 18.0 Å². The van der Waals surface area contributed by atoms with Crippen molar-refractivity contribution < 1.29 is 45.4 Å².